The number of fused-ring (bicyclic) bond motifs is 1. The van der Waals surface area contributed by atoms with E-state index in [1.165, 1.54) is 23.0 Å². The zero-order valence-electron chi connectivity index (χ0n) is 20.8. The van der Waals surface area contributed by atoms with E-state index in [2.05, 4.69) is 15.4 Å². The van der Waals surface area contributed by atoms with E-state index in [9.17, 15) is 18.7 Å². The van der Waals surface area contributed by atoms with Gasteiger partial charge in [0.2, 0.25) is 5.91 Å². The molecule has 0 unspecified atom stereocenters. The molecule has 4 aromatic rings. The normalized spacial score (nSPS) is 13.1. The fraction of sp³-hybridized carbons (Fsp3) is 0.296. The number of carbonyl (C=O) groups is 1. The van der Waals surface area contributed by atoms with Crippen molar-refractivity contribution in [3.05, 3.63) is 82.3 Å². The molecule has 2 N–H and O–H groups in total. The summed E-state index contributed by atoms with van der Waals surface area (Å²) in [6.45, 7) is 6.90. The van der Waals surface area contributed by atoms with Crippen molar-refractivity contribution < 1.29 is 23.4 Å². The van der Waals surface area contributed by atoms with Crippen LogP contribution in [-0.4, -0.2) is 31.9 Å². The summed E-state index contributed by atoms with van der Waals surface area (Å²) in [4.78, 5) is 17.0. The first-order valence-corrected chi connectivity index (χ1v) is 12.1. The predicted octanol–water partition coefficient (Wildman–Crippen LogP) is 5.43. The number of amides is 1. The van der Waals surface area contributed by atoms with E-state index in [-0.39, 0.29) is 17.5 Å². The number of nitrogens with zero attached hydrogens (tertiary/aromatic N) is 3. The average Bonchev–Trinajstić information content (AvgIpc) is 3.28. The second kappa shape index (κ2) is 10.8. The van der Waals surface area contributed by atoms with Crippen molar-refractivity contribution >= 4 is 28.4 Å². The van der Waals surface area contributed by atoms with Gasteiger partial charge in [0.05, 0.1) is 29.1 Å². The summed E-state index contributed by atoms with van der Waals surface area (Å²) < 4.78 is 35.5. The van der Waals surface area contributed by atoms with Crippen LogP contribution in [-0.2, 0) is 11.4 Å². The lowest BCUT2D eigenvalue weighted by atomic mass is 10.00. The molecule has 0 bridgehead atoms. The van der Waals surface area contributed by atoms with Gasteiger partial charge in [0.25, 0.3) is 0 Å². The predicted molar refractivity (Wildman–Crippen MR) is 137 cm³/mol. The largest absolute Gasteiger partial charge is 0.487 e. The number of ether oxygens (including phenoxy) is 1. The van der Waals surface area contributed by atoms with Crippen LogP contribution in [0.25, 0.3) is 16.6 Å². The van der Waals surface area contributed by atoms with E-state index in [1.54, 1.807) is 39.0 Å². The lowest BCUT2D eigenvalue weighted by Crippen LogP contribution is -2.39. The molecule has 0 aliphatic rings. The highest BCUT2D eigenvalue weighted by Gasteiger charge is 2.23. The number of aliphatic hydroxyl groups excluding tert-OH is 1. The molecule has 4 rings (SSSR count). The Hall–Kier alpha value is -3.56. The quantitative estimate of drug-likeness (QED) is 0.318. The number of para-hydroxylation sites is 1. The van der Waals surface area contributed by atoms with Gasteiger partial charge >= 0.3 is 0 Å². The Morgan fingerprint density at radius 3 is 2.62 bits per heavy atom. The molecule has 1 amide bonds. The van der Waals surface area contributed by atoms with Gasteiger partial charge in [0.1, 0.15) is 29.8 Å². The molecule has 0 saturated heterocycles. The molecule has 194 valence electrons. The third-order valence-electron chi connectivity index (χ3n) is 6.00. The van der Waals surface area contributed by atoms with E-state index < -0.39 is 29.7 Å². The average molecular weight is 529 g/mol. The van der Waals surface area contributed by atoms with Gasteiger partial charge in [-0.05, 0) is 49.6 Å². The lowest BCUT2D eigenvalue weighted by molar-refractivity contribution is -0.132. The van der Waals surface area contributed by atoms with Crippen LogP contribution < -0.4 is 10.1 Å². The Kier molecular flexibility index (Phi) is 7.75. The van der Waals surface area contributed by atoms with Crippen LogP contribution in [0.2, 0.25) is 5.02 Å². The number of hydrogen-bond donors (Lipinski definition) is 2. The summed E-state index contributed by atoms with van der Waals surface area (Å²) in [5.74, 6) is -1.43. The smallest absolute Gasteiger partial charge is 0.249 e. The molecule has 0 aliphatic carbocycles. The number of nitrogens with one attached hydrogen (secondary N) is 1. The van der Waals surface area contributed by atoms with Crippen molar-refractivity contribution in [1.82, 2.24) is 20.1 Å². The molecule has 10 heteroatoms. The van der Waals surface area contributed by atoms with E-state index >= 15 is 0 Å². The summed E-state index contributed by atoms with van der Waals surface area (Å²) >= 11 is 6.40. The molecular formula is C27H27ClF2N4O3. The SMILES string of the molecule is Cc1cc(-n2cc(F)cn2)c2cccc(OCc3c(Cl)cc(F)cc3[C@H](C)NC(=O)[C@H](O)C(C)C)c2n1. The Labute approximate surface area is 218 Å². The maximum atomic E-state index is 14.3. The first kappa shape index (κ1) is 26.5. The maximum absolute atomic E-state index is 14.3. The molecule has 0 spiro atoms. The number of benzene rings is 2. The Morgan fingerprint density at radius 2 is 1.95 bits per heavy atom. The summed E-state index contributed by atoms with van der Waals surface area (Å²) in [5, 5.41) is 17.7. The second-order valence-corrected chi connectivity index (χ2v) is 9.61. The van der Waals surface area contributed by atoms with Gasteiger partial charge in [-0.3, -0.25) is 4.79 Å². The van der Waals surface area contributed by atoms with E-state index in [0.29, 0.717) is 39.2 Å². The van der Waals surface area contributed by atoms with Crippen molar-refractivity contribution in [2.45, 2.75) is 46.4 Å². The minimum absolute atomic E-state index is 0.0398. The number of aliphatic hydroxyl groups is 1. The maximum Gasteiger partial charge on any atom is 0.249 e. The van der Waals surface area contributed by atoms with Crippen LogP contribution in [0.4, 0.5) is 8.78 Å². The van der Waals surface area contributed by atoms with E-state index in [4.69, 9.17) is 16.3 Å². The van der Waals surface area contributed by atoms with Gasteiger partial charge in [-0.2, -0.15) is 5.10 Å². The third kappa shape index (κ3) is 5.73. The number of rotatable bonds is 8. The van der Waals surface area contributed by atoms with Crippen molar-refractivity contribution in [1.29, 1.82) is 0 Å². The number of halogens is 3. The molecule has 0 saturated carbocycles. The van der Waals surface area contributed by atoms with Crippen LogP contribution in [0.5, 0.6) is 5.75 Å². The van der Waals surface area contributed by atoms with Crippen LogP contribution in [0.3, 0.4) is 0 Å². The van der Waals surface area contributed by atoms with Gasteiger partial charge in [0.15, 0.2) is 5.82 Å². The van der Waals surface area contributed by atoms with Crippen molar-refractivity contribution in [3.8, 4) is 11.4 Å². The van der Waals surface area contributed by atoms with Crippen LogP contribution >= 0.6 is 11.6 Å². The van der Waals surface area contributed by atoms with Crippen molar-refractivity contribution in [2.75, 3.05) is 0 Å². The Balaban J connectivity index is 1.67. The fourth-order valence-electron chi connectivity index (χ4n) is 4.06. The highest BCUT2D eigenvalue weighted by Crippen LogP contribution is 2.32. The number of hydrogen-bond acceptors (Lipinski definition) is 5. The van der Waals surface area contributed by atoms with Crippen LogP contribution in [0.1, 0.15) is 43.6 Å². The first-order chi connectivity index (χ1) is 17.5. The zero-order chi connectivity index (χ0) is 26.9. The number of aromatic nitrogens is 3. The van der Waals surface area contributed by atoms with Crippen LogP contribution in [0.15, 0.2) is 48.8 Å². The number of carbonyl (C=O) groups excluding carboxylic acids is 1. The Bertz CT molecular complexity index is 1460. The molecule has 2 heterocycles. The molecule has 2 aromatic carbocycles. The zero-order valence-corrected chi connectivity index (χ0v) is 21.6. The molecular weight excluding hydrogens is 502 g/mol. The molecule has 0 fully saturated rings. The van der Waals surface area contributed by atoms with Gasteiger partial charge in [-0.1, -0.05) is 37.6 Å². The van der Waals surface area contributed by atoms with Gasteiger partial charge < -0.3 is 15.2 Å². The molecule has 7 nitrogen and oxygen atoms in total. The highest BCUT2D eigenvalue weighted by atomic mass is 35.5. The number of aryl methyl sites for hydroxylation is 1. The topological polar surface area (TPSA) is 89.3 Å². The van der Waals surface area contributed by atoms with E-state index in [0.717, 1.165) is 6.20 Å². The summed E-state index contributed by atoms with van der Waals surface area (Å²) in [7, 11) is 0. The van der Waals surface area contributed by atoms with Gasteiger partial charge in [-0.15, -0.1) is 0 Å². The van der Waals surface area contributed by atoms with Gasteiger partial charge in [0, 0.05) is 16.6 Å². The van der Waals surface area contributed by atoms with Crippen LogP contribution in [0, 0.1) is 24.5 Å². The fourth-order valence-corrected chi connectivity index (χ4v) is 4.33. The summed E-state index contributed by atoms with van der Waals surface area (Å²) in [5.41, 5.74) is 2.75. The molecule has 0 radical (unpaired) electrons. The summed E-state index contributed by atoms with van der Waals surface area (Å²) in [6, 6.07) is 8.96. The molecule has 2 aromatic heterocycles. The first-order valence-electron chi connectivity index (χ1n) is 11.7. The molecule has 37 heavy (non-hydrogen) atoms. The van der Waals surface area contributed by atoms with Gasteiger partial charge in [-0.25, -0.2) is 18.4 Å². The molecule has 2 atom stereocenters. The minimum Gasteiger partial charge on any atom is -0.487 e. The number of pyridine rings is 1. The van der Waals surface area contributed by atoms with E-state index in [1.807, 2.05) is 13.0 Å². The van der Waals surface area contributed by atoms with Crippen molar-refractivity contribution in [2.24, 2.45) is 5.92 Å². The second-order valence-electron chi connectivity index (χ2n) is 9.20. The summed E-state index contributed by atoms with van der Waals surface area (Å²) in [6.07, 6.45) is 1.20. The molecule has 0 aliphatic heterocycles. The van der Waals surface area contributed by atoms with Crippen molar-refractivity contribution in [3.63, 3.8) is 0 Å². The standard InChI is InChI=1S/C27H27ClF2N4O3/c1-14(2)26(35)27(36)33-16(4)20-9-17(29)10-22(28)21(20)13-37-24-7-5-6-19-23(8-15(3)32-25(19)24)34-12-18(30)11-31-34/h5-12,14,16,26,35H,13H2,1-4H3,(H,33,36)/t16-,26+/m0/s1. The highest BCUT2D eigenvalue weighted by molar-refractivity contribution is 6.31. The lowest BCUT2D eigenvalue weighted by Gasteiger charge is -2.22. The Morgan fingerprint density at radius 1 is 1.19 bits per heavy atom. The third-order valence-corrected chi connectivity index (χ3v) is 6.34. The monoisotopic (exact) mass is 528 g/mol. The minimum atomic E-state index is -1.20.